The summed E-state index contributed by atoms with van der Waals surface area (Å²) in [6.07, 6.45) is -6.73. The fourth-order valence-electron chi connectivity index (χ4n) is 2.62. The molecule has 0 saturated carbocycles. The van der Waals surface area contributed by atoms with Crippen LogP contribution in [0.5, 0.6) is 0 Å². The molecule has 0 bridgehead atoms. The Morgan fingerprint density at radius 3 is 2.41 bits per heavy atom. The second-order valence-corrected chi connectivity index (χ2v) is 9.00. The van der Waals surface area contributed by atoms with E-state index in [0.29, 0.717) is 5.69 Å². The van der Waals surface area contributed by atoms with Crippen LogP contribution in [0.2, 0.25) is 0 Å². The van der Waals surface area contributed by atoms with Crippen LogP contribution in [0, 0.1) is 0 Å². The summed E-state index contributed by atoms with van der Waals surface area (Å²) >= 11 is 0.180. The first-order chi connectivity index (χ1) is 14.8. The number of carbonyl (C=O) groups excluding carboxylic acids is 2. The van der Waals surface area contributed by atoms with Crippen molar-refractivity contribution >= 4 is 46.7 Å². The number of rotatable bonds is 6. The van der Waals surface area contributed by atoms with Crippen molar-refractivity contribution in [2.45, 2.75) is 38.8 Å². The van der Waals surface area contributed by atoms with Crippen molar-refractivity contribution in [3.05, 3.63) is 48.5 Å². The normalized spacial score (nSPS) is 16.8. The molecule has 2 aromatic rings. The molecule has 1 atom stereocenters. The fourth-order valence-corrected chi connectivity index (χ4v) is 4.60. The number of halogens is 7. The highest BCUT2D eigenvalue weighted by Gasteiger charge is 2.73. The first kappa shape index (κ1) is 24.2. The number of nitrogens with one attached hydrogen (secondary N) is 2. The van der Waals surface area contributed by atoms with Crippen LogP contribution in [-0.2, 0) is 9.59 Å². The van der Waals surface area contributed by atoms with Gasteiger partial charge in [-0.05, 0) is 42.1 Å². The van der Waals surface area contributed by atoms with Gasteiger partial charge in [-0.1, -0.05) is 18.2 Å². The minimum absolute atomic E-state index is 0.104. The zero-order chi connectivity index (χ0) is 23.7. The fraction of sp³-hybridized carbons (Fsp3) is 0.263. The number of benzene rings is 2. The number of hydrogen-bond donors (Lipinski definition) is 2. The van der Waals surface area contributed by atoms with E-state index in [2.05, 4.69) is 10.6 Å². The number of carbonyl (C=O) groups is 2. The van der Waals surface area contributed by atoms with Gasteiger partial charge in [0.1, 0.15) is 0 Å². The summed E-state index contributed by atoms with van der Waals surface area (Å²) in [4.78, 5) is 24.6. The number of para-hydroxylation sites is 1. The van der Waals surface area contributed by atoms with Gasteiger partial charge in [-0.15, -0.1) is 11.8 Å². The van der Waals surface area contributed by atoms with Gasteiger partial charge in [0.25, 0.3) is 0 Å². The van der Waals surface area contributed by atoms with E-state index in [1.165, 1.54) is 6.07 Å². The van der Waals surface area contributed by atoms with Crippen LogP contribution in [0.25, 0.3) is 0 Å². The lowest BCUT2D eigenvalue weighted by molar-refractivity contribution is -0.330. The third kappa shape index (κ3) is 5.14. The predicted molar refractivity (Wildman–Crippen MR) is 106 cm³/mol. The predicted octanol–water partition coefficient (Wildman–Crippen LogP) is 6.01. The summed E-state index contributed by atoms with van der Waals surface area (Å²) in [5.41, 5.74) is 0.494. The van der Waals surface area contributed by atoms with Crippen LogP contribution in [0.4, 0.5) is 42.1 Å². The van der Waals surface area contributed by atoms with Gasteiger partial charge >= 0.3 is 17.4 Å². The zero-order valence-electron chi connectivity index (χ0n) is 15.7. The lowest BCUT2D eigenvalue weighted by Crippen LogP contribution is -2.49. The molecule has 2 aromatic carbocycles. The van der Waals surface area contributed by atoms with Gasteiger partial charge in [-0.2, -0.15) is 30.7 Å². The van der Waals surface area contributed by atoms with Crippen LogP contribution in [0.15, 0.2) is 58.3 Å². The second kappa shape index (κ2) is 8.85. The highest BCUT2D eigenvalue weighted by Crippen LogP contribution is 2.54. The Bertz CT molecular complexity index is 1030. The van der Waals surface area contributed by atoms with Crippen molar-refractivity contribution < 1.29 is 40.3 Å². The molecule has 0 aliphatic carbocycles. The number of alkyl halides is 7. The van der Waals surface area contributed by atoms with Crippen molar-refractivity contribution in [2.24, 2.45) is 0 Å². The maximum atomic E-state index is 13.6. The molecule has 0 saturated heterocycles. The van der Waals surface area contributed by atoms with E-state index in [9.17, 15) is 40.3 Å². The number of amides is 2. The molecule has 2 amide bonds. The Morgan fingerprint density at radius 1 is 1.03 bits per heavy atom. The van der Waals surface area contributed by atoms with Crippen LogP contribution in [0.1, 0.15) is 6.42 Å². The highest BCUT2D eigenvalue weighted by atomic mass is 32.2. The van der Waals surface area contributed by atoms with Crippen molar-refractivity contribution in [3.8, 4) is 0 Å². The summed E-state index contributed by atoms with van der Waals surface area (Å²) < 4.78 is 90.3. The van der Waals surface area contributed by atoms with Gasteiger partial charge in [0.2, 0.25) is 11.8 Å². The third-order valence-electron chi connectivity index (χ3n) is 4.16. The number of hydrogen-bond acceptors (Lipinski definition) is 4. The first-order valence-electron chi connectivity index (χ1n) is 8.78. The molecule has 13 heteroatoms. The van der Waals surface area contributed by atoms with Crippen molar-refractivity contribution in [1.82, 2.24) is 0 Å². The molecule has 1 heterocycles. The molecule has 0 spiro atoms. The van der Waals surface area contributed by atoms with Crippen LogP contribution >= 0.6 is 23.5 Å². The summed E-state index contributed by atoms with van der Waals surface area (Å²) in [5.74, 6) is -7.35. The average molecular weight is 498 g/mol. The molecule has 172 valence electrons. The second-order valence-electron chi connectivity index (χ2n) is 6.56. The molecule has 4 nitrogen and oxygen atoms in total. The van der Waals surface area contributed by atoms with Crippen LogP contribution in [0.3, 0.4) is 0 Å². The van der Waals surface area contributed by atoms with E-state index in [1.807, 2.05) is 0 Å². The smallest absolute Gasteiger partial charge is 0.326 e. The van der Waals surface area contributed by atoms with Crippen molar-refractivity contribution in [1.29, 1.82) is 0 Å². The molecular weight excluding hydrogens is 485 g/mol. The van der Waals surface area contributed by atoms with E-state index >= 15 is 0 Å². The lowest BCUT2D eigenvalue weighted by Gasteiger charge is -2.27. The van der Waals surface area contributed by atoms with E-state index in [1.54, 1.807) is 24.3 Å². The minimum atomic E-state index is -6.44. The Kier molecular flexibility index (Phi) is 6.70. The summed E-state index contributed by atoms with van der Waals surface area (Å²) in [5, 5.41) is -1.27. The standard InChI is InChI=1S/C19H13F7N2O2S2/c20-17(21,18(22,23)24)19(25,26)32-11-5-3-4-10(8-11)27-15(29)9-14-16(30)28-12-6-1-2-7-13(12)31-14/h1-8,14H,9H2,(H,27,29)(H,28,30)/t14-/m0/s1. The van der Waals surface area contributed by atoms with Gasteiger partial charge < -0.3 is 10.6 Å². The van der Waals surface area contributed by atoms with E-state index in [0.717, 1.165) is 34.9 Å². The summed E-state index contributed by atoms with van der Waals surface area (Å²) in [6.45, 7) is 0. The van der Waals surface area contributed by atoms with Gasteiger partial charge in [0, 0.05) is 21.9 Å². The monoisotopic (exact) mass is 498 g/mol. The van der Waals surface area contributed by atoms with E-state index in [-0.39, 0.29) is 12.1 Å². The Labute approximate surface area is 185 Å². The molecule has 0 unspecified atom stereocenters. The molecule has 3 rings (SSSR count). The average Bonchev–Trinajstić information content (AvgIpc) is 2.67. The maximum absolute atomic E-state index is 13.6. The van der Waals surface area contributed by atoms with Crippen LogP contribution in [-0.4, -0.2) is 34.4 Å². The SMILES string of the molecule is O=C(C[C@@H]1Sc2ccccc2NC1=O)Nc1cccc(SC(F)(F)C(F)(F)C(F)(F)F)c1. The summed E-state index contributed by atoms with van der Waals surface area (Å²) in [6, 6.07) is 11.0. The molecule has 0 radical (unpaired) electrons. The molecule has 1 aliphatic heterocycles. The largest absolute Gasteiger partial charge is 0.460 e. The van der Waals surface area contributed by atoms with Crippen molar-refractivity contribution in [2.75, 3.05) is 10.6 Å². The molecule has 1 aliphatic rings. The van der Waals surface area contributed by atoms with Gasteiger partial charge in [0.15, 0.2) is 0 Å². The van der Waals surface area contributed by atoms with E-state index < -0.39 is 51.1 Å². The van der Waals surface area contributed by atoms with E-state index in [4.69, 9.17) is 0 Å². The molecule has 32 heavy (non-hydrogen) atoms. The number of anilines is 2. The topological polar surface area (TPSA) is 58.2 Å². The minimum Gasteiger partial charge on any atom is -0.326 e. The Hall–Kier alpha value is -2.41. The van der Waals surface area contributed by atoms with Crippen LogP contribution < -0.4 is 10.6 Å². The van der Waals surface area contributed by atoms with Gasteiger partial charge in [-0.3, -0.25) is 9.59 Å². The van der Waals surface area contributed by atoms with Crippen molar-refractivity contribution in [3.63, 3.8) is 0 Å². The molecule has 2 N–H and O–H groups in total. The molecular formula is C19H13F7N2O2S2. The maximum Gasteiger partial charge on any atom is 0.460 e. The quantitative estimate of drug-likeness (QED) is 0.378. The number of fused-ring (bicyclic) bond motifs is 1. The summed E-state index contributed by atoms with van der Waals surface area (Å²) in [7, 11) is 0. The first-order valence-corrected chi connectivity index (χ1v) is 10.5. The number of thioether (sulfide) groups is 2. The van der Waals surface area contributed by atoms with Gasteiger partial charge in [0.05, 0.1) is 10.9 Å². The highest BCUT2D eigenvalue weighted by molar-refractivity contribution is 8.01. The Balaban J connectivity index is 1.66. The molecule has 0 fully saturated rings. The lowest BCUT2D eigenvalue weighted by atomic mass is 10.2. The zero-order valence-corrected chi connectivity index (χ0v) is 17.3. The third-order valence-corrected chi connectivity index (χ3v) is 6.44. The molecule has 0 aromatic heterocycles. The Morgan fingerprint density at radius 2 is 1.72 bits per heavy atom. The van der Waals surface area contributed by atoms with Gasteiger partial charge in [-0.25, -0.2) is 0 Å².